The van der Waals surface area contributed by atoms with Gasteiger partial charge in [0.2, 0.25) is 0 Å². The first-order valence-electron chi connectivity index (χ1n) is 6.51. The SMILES string of the molecule is Cc1cc(CBr)ccc1Oc1cc(C)c([N+](=O)[O-])cc1C. The number of nitro benzene ring substituents is 1. The van der Waals surface area contributed by atoms with Gasteiger partial charge in [0.05, 0.1) is 4.92 Å². The van der Waals surface area contributed by atoms with Crippen LogP contribution in [0.2, 0.25) is 0 Å². The van der Waals surface area contributed by atoms with Gasteiger partial charge in [0.15, 0.2) is 0 Å². The molecule has 0 amide bonds. The molecule has 0 atom stereocenters. The number of aryl methyl sites for hydroxylation is 3. The van der Waals surface area contributed by atoms with Crippen molar-refractivity contribution in [3.63, 3.8) is 0 Å². The monoisotopic (exact) mass is 349 g/mol. The molecule has 0 heterocycles. The van der Waals surface area contributed by atoms with Gasteiger partial charge in [-0.2, -0.15) is 0 Å². The van der Waals surface area contributed by atoms with Crippen molar-refractivity contribution in [3.05, 3.63) is 62.7 Å². The summed E-state index contributed by atoms with van der Waals surface area (Å²) in [5, 5.41) is 11.7. The van der Waals surface area contributed by atoms with Gasteiger partial charge < -0.3 is 4.74 Å². The lowest BCUT2D eigenvalue weighted by atomic mass is 10.1. The predicted molar refractivity (Wildman–Crippen MR) is 86.5 cm³/mol. The zero-order chi connectivity index (χ0) is 15.6. The van der Waals surface area contributed by atoms with E-state index in [1.165, 1.54) is 5.56 Å². The van der Waals surface area contributed by atoms with Crippen LogP contribution in [0.4, 0.5) is 5.69 Å². The zero-order valence-electron chi connectivity index (χ0n) is 12.1. The number of benzene rings is 2. The summed E-state index contributed by atoms with van der Waals surface area (Å²) < 4.78 is 5.92. The van der Waals surface area contributed by atoms with E-state index in [0.29, 0.717) is 11.3 Å². The number of halogens is 1. The average molecular weight is 350 g/mol. The molecular weight excluding hydrogens is 334 g/mol. The predicted octanol–water partition coefficient (Wildman–Crippen LogP) is 5.21. The second-order valence-electron chi connectivity index (χ2n) is 5.00. The number of ether oxygens (including phenoxy) is 1. The van der Waals surface area contributed by atoms with Crippen molar-refractivity contribution in [1.82, 2.24) is 0 Å². The number of hydrogen-bond donors (Lipinski definition) is 0. The third-order valence-corrected chi connectivity index (χ3v) is 3.95. The molecule has 4 nitrogen and oxygen atoms in total. The van der Waals surface area contributed by atoms with Crippen LogP contribution in [0.15, 0.2) is 30.3 Å². The van der Waals surface area contributed by atoms with Crippen LogP contribution in [0.5, 0.6) is 11.5 Å². The molecule has 0 saturated carbocycles. The molecule has 0 aliphatic carbocycles. The average Bonchev–Trinajstić information content (AvgIpc) is 2.44. The fourth-order valence-corrected chi connectivity index (χ4v) is 2.46. The molecule has 0 aliphatic heterocycles. The van der Waals surface area contributed by atoms with Gasteiger partial charge in [0.25, 0.3) is 5.69 Å². The first-order valence-corrected chi connectivity index (χ1v) is 7.63. The van der Waals surface area contributed by atoms with Crippen LogP contribution in [-0.2, 0) is 5.33 Å². The Balaban J connectivity index is 2.36. The minimum atomic E-state index is -0.373. The molecule has 0 unspecified atom stereocenters. The standard InChI is InChI=1S/C16H16BrNO3/c1-10-8-16(12(3)7-14(10)18(19)20)21-15-5-4-13(9-17)6-11(15)2/h4-8H,9H2,1-3H3. The van der Waals surface area contributed by atoms with Gasteiger partial charge in [0, 0.05) is 17.0 Å². The summed E-state index contributed by atoms with van der Waals surface area (Å²) in [5.41, 5.74) is 3.66. The Bertz CT molecular complexity index is 698. The van der Waals surface area contributed by atoms with E-state index >= 15 is 0 Å². The third-order valence-electron chi connectivity index (χ3n) is 3.30. The van der Waals surface area contributed by atoms with Crippen LogP contribution >= 0.6 is 15.9 Å². The van der Waals surface area contributed by atoms with Crippen LogP contribution in [-0.4, -0.2) is 4.92 Å². The molecule has 0 radical (unpaired) electrons. The molecule has 0 N–H and O–H groups in total. The highest BCUT2D eigenvalue weighted by Gasteiger charge is 2.15. The molecule has 5 heteroatoms. The van der Waals surface area contributed by atoms with Crippen molar-refractivity contribution in [3.8, 4) is 11.5 Å². The summed E-state index contributed by atoms with van der Waals surface area (Å²) in [7, 11) is 0. The molecule has 0 saturated heterocycles. The van der Waals surface area contributed by atoms with Crippen LogP contribution in [0.3, 0.4) is 0 Å². The quantitative estimate of drug-likeness (QED) is 0.432. The van der Waals surface area contributed by atoms with Crippen molar-refractivity contribution in [2.45, 2.75) is 26.1 Å². The van der Waals surface area contributed by atoms with Crippen LogP contribution < -0.4 is 4.74 Å². The van der Waals surface area contributed by atoms with E-state index in [-0.39, 0.29) is 10.6 Å². The first-order chi connectivity index (χ1) is 9.92. The summed E-state index contributed by atoms with van der Waals surface area (Å²) in [4.78, 5) is 10.6. The molecule has 21 heavy (non-hydrogen) atoms. The summed E-state index contributed by atoms with van der Waals surface area (Å²) in [6.07, 6.45) is 0. The maximum absolute atomic E-state index is 10.9. The lowest BCUT2D eigenvalue weighted by Gasteiger charge is -2.12. The summed E-state index contributed by atoms with van der Waals surface area (Å²) in [6.45, 7) is 5.50. The molecule has 2 aromatic carbocycles. The van der Waals surface area contributed by atoms with Crippen molar-refractivity contribution >= 4 is 21.6 Å². The van der Waals surface area contributed by atoms with E-state index in [4.69, 9.17) is 4.74 Å². The molecule has 110 valence electrons. The summed E-state index contributed by atoms with van der Waals surface area (Å²) >= 11 is 3.42. The Morgan fingerprint density at radius 3 is 2.29 bits per heavy atom. The molecular formula is C16H16BrNO3. The molecule has 2 aromatic rings. The lowest BCUT2D eigenvalue weighted by Crippen LogP contribution is -1.96. The Kier molecular flexibility index (Phi) is 4.63. The van der Waals surface area contributed by atoms with Gasteiger partial charge in [-0.3, -0.25) is 10.1 Å². The van der Waals surface area contributed by atoms with Crippen molar-refractivity contribution in [2.24, 2.45) is 0 Å². The zero-order valence-corrected chi connectivity index (χ0v) is 13.7. The topological polar surface area (TPSA) is 52.4 Å². The smallest absolute Gasteiger partial charge is 0.272 e. The molecule has 0 spiro atoms. The number of alkyl halides is 1. The maximum Gasteiger partial charge on any atom is 0.272 e. The van der Waals surface area contributed by atoms with E-state index in [1.54, 1.807) is 19.1 Å². The van der Waals surface area contributed by atoms with Crippen LogP contribution in [0.25, 0.3) is 0 Å². The first kappa shape index (κ1) is 15.5. The van der Waals surface area contributed by atoms with Crippen molar-refractivity contribution < 1.29 is 9.66 Å². The summed E-state index contributed by atoms with van der Waals surface area (Å²) in [6, 6.07) is 9.22. The third kappa shape index (κ3) is 3.42. The van der Waals surface area contributed by atoms with Crippen LogP contribution in [0.1, 0.15) is 22.3 Å². The van der Waals surface area contributed by atoms with E-state index in [1.807, 2.05) is 26.0 Å². The number of nitrogens with zero attached hydrogens (tertiary/aromatic N) is 1. The number of rotatable bonds is 4. The second kappa shape index (κ2) is 6.26. The van der Waals surface area contributed by atoms with Crippen molar-refractivity contribution in [2.75, 3.05) is 0 Å². The van der Waals surface area contributed by atoms with E-state index in [9.17, 15) is 10.1 Å². The van der Waals surface area contributed by atoms with Gasteiger partial charge >= 0.3 is 0 Å². The van der Waals surface area contributed by atoms with Crippen molar-refractivity contribution in [1.29, 1.82) is 0 Å². The Hall–Kier alpha value is -1.88. The Morgan fingerprint density at radius 1 is 1.05 bits per heavy atom. The highest BCUT2D eigenvalue weighted by atomic mass is 79.9. The van der Waals surface area contributed by atoms with Gasteiger partial charge in [-0.15, -0.1) is 0 Å². The van der Waals surface area contributed by atoms with Crippen LogP contribution in [0, 0.1) is 30.9 Å². The minimum Gasteiger partial charge on any atom is -0.457 e. The number of hydrogen-bond acceptors (Lipinski definition) is 3. The Labute approximate surface area is 132 Å². The highest BCUT2D eigenvalue weighted by Crippen LogP contribution is 2.32. The molecule has 0 bridgehead atoms. The maximum atomic E-state index is 10.9. The largest absolute Gasteiger partial charge is 0.457 e. The lowest BCUT2D eigenvalue weighted by molar-refractivity contribution is -0.385. The van der Waals surface area contributed by atoms with Gasteiger partial charge in [-0.1, -0.05) is 28.1 Å². The van der Waals surface area contributed by atoms with Gasteiger partial charge in [-0.25, -0.2) is 0 Å². The fourth-order valence-electron chi connectivity index (χ4n) is 2.11. The Morgan fingerprint density at radius 2 is 1.71 bits per heavy atom. The highest BCUT2D eigenvalue weighted by molar-refractivity contribution is 9.08. The normalized spacial score (nSPS) is 10.5. The van der Waals surface area contributed by atoms with E-state index in [2.05, 4.69) is 22.0 Å². The summed E-state index contributed by atoms with van der Waals surface area (Å²) in [5.74, 6) is 1.41. The molecule has 0 aromatic heterocycles. The van der Waals surface area contributed by atoms with Gasteiger partial charge in [-0.05, 0) is 49.6 Å². The molecule has 0 fully saturated rings. The van der Waals surface area contributed by atoms with E-state index < -0.39 is 0 Å². The van der Waals surface area contributed by atoms with Gasteiger partial charge in [0.1, 0.15) is 11.5 Å². The molecule has 2 rings (SSSR count). The number of nitro groups is 1. The fraction of sp³-hybridized carbons (Fsp3) is 0.250. The second-order valence-corrected chi connectivity index (χ2v) is 5.56. The molecule has 0 aliphatic rings. The van der Waals surface area contributed by atoms with E-state index in [0.717, 1.165) is 22.2 Å². The minimum absolute atomic E-state index is 0.117.